The van der Waals surface area contributed by atoms with Crippen molar-refractivity contribution in [1.82, 2.24) is 10.2 Å². The molecule has 0 spiro atoms. The number of hydrogen-bond acceptors (Lipinski definition) is 2. The molecule has 0 unspecified atom stereocenters. The molecule has 0 aromatic carbocycles. The summed E-state index contributed by atoms with van der Waals surface area (Å²) in [4.78, 5) is 2.46. The predicted octanol–water partition coefficient (Wildman–Crippen LogP) is 3.13. The highest BCUT2D eigenvalue weighted by Gasteiger charge is 2.07. The van der Waals surface area contributed by atoms with Crippen molar-refractivity contribution in [2.45, 2.75) is 59.4 Å². The van der Waals surface area contributed by atoms with Crippen LogP contribution in [0.5, 0.6) is 0 Å². The van der Waals surface area contributed by atoms with Gasteiger partial charge < -0.3 is 10.2 Å². The monoisotopic (exact) mass is 228 g/mol. The molecule has 0 aliphatic rings. The Hall–Kier alpha value is -0.0800. The average Bonchev–Trinajstić information content (AvgIpc) is 2.12. The molecular formula is C14H32N2. The van der Waals surface area contributed by atoms with Crippen LogP contribution in [-0.2, 0) is 0 Å². The third kappa shape index (κ3) is 12.0. The minimum atomic E-state index is 0.267. The Kier molecular flexibility index (Phi) is 8.04. The van der Waals surface area contributed by atoms with E-state index in [0.717, 1.165) is 12.5 Å². The van der Waals surface area contributed by atoms with Gasteiger partial charge in [0.25, 0.3) is 0 Å². The predicted molar refractivity (Wildman–Crippen MR) is 73.9 cm³/mol. The molecule has 2 heteroatoms. The Morgan fingerprint density at radius 1 is 1.06 bits per heavy atom. The molecule has 0 saturated carbocycles. The fourth-order valence-electron chi connectivity index (χ4n) is 1.56. The van der Waals surface area contributed by atoms with Crippen molar-refractivity contribution in [2.24, 2.45) is 5.92 Å². The Morgan fingerprint density at radius 2 is 1.69 bits per heavy atom. The fraction of sp³-hybridized carbons (Fsp3) is 1.00. The van der Waals surface area contributed by atoms with E-state index in [-0.39, 0.29) is 5.54 Å². The molecule has 98 valence electrons. The zero-order chi connectivity index (χ0) is 12.6. The Morgan fingerprint density at radius 3 is 2.19 bits per heavy atom. The second-order valence-electron chi connectivity index (χ2n) is 6.37. The van der Waals surface area contributed by atoms with Gasteiger partial charge in [-0.15, -0.1) is 0 Å². The molecule has 2 nitrogen and oxygen atoms in total. The van der Waals surface area contributed by atoms with Crippen LogP contribution in [0.4, 0.5) is 0 Å². The minimum Gasteiger partial charge on any atom is -0.312 e. The second kappa shape index (κ2) is 8.08. The van der Waals surface area contributed by atoms with Crippen molar-refractivity contribution in [1.29, 1.82) is 0 Å². The van der Waals surface area contributed by atoms with Gasteiger partial charge in [-0.2, -0.15) is 0 Å². The largest absolute Gasteiger partial charge is 0.312 e. The first-order valence-electron chi connectivity index (χ1n) is 6.75. The van der Waals surface area contributed by atoms with Gasteiger partial charge in [-0.05, 0) is 72.6 Å². The SMILES string of the molecule is CC(C)CCN(C)CCCCNC(C)(C)C. The van der Waals surface area contributed by atoms with Gasteiger partial charge in [0, 0.05) is 5.54 Å². The molecule has 0 bridgehead atoms. The van der Waals surface area contributed by atoms with Crippen LogP contribution >= 0.6 is 0 Å². The summed E-state index contributed by atoms with van der Waals surface area (Å²) in [6, 6.07) is 0. The Labute approximate surface area is 103 Å². The van der Waals surface area contributed by atoms with Gasteiger partial charge in [-0.1, -0.05) is 13.8 Å². The highest BCUT2D eigenvalue weighted by Crippen LogP contribution is 2.02. The van der Waals surface area contributed by atoms with Gasteiger partial charge in [0.2, 0.25) is 0 Å². The minimum absolute atomic E-state index is 0.267. The molecule has 0 aromatic heterocycles. The molecule has 0 radical (unpaired) electrons. The standard InChI is InChI=1S/C14H32N2/c1-13(2)9-12-16(6)11-8-7-10-15-14(3,4)5/h13,15H,7-12H2,1-6H3. The molecule has 0 aromatic rings. The van der Waals surface area contributed by atoms with E-state index in [1.165, 1.54) is 32.4 Å². The van der Waals surface area contributed by atoms with E-state index in [0.29, 0.717) is 0 Å². The maximum Gasteiger partial charge on any atom is 0.00965 e. The molecule has 0 aliphatic heterocycles. The summed E-state index contributed by atoms with van der Waals surface area (Å²) in [5.41, 5.74) is 0.267. The molecule has 0 atom stereocenters. The van der Waals surface area contributed by atoms with E-state index < -0.39 is 0 Å². The lowest BCUT2D eigenvalue weighted by Crippen LogP contribution is -2.36. The van der Waals surface area contributed by atoms with Gasteiger partial charge >= 0.3 is 0 Å². The smallest absolute Gasteiger partial charge is 0.00965 e. The number of nitrogens with one attached hydrogen (secondary N) is 1. The van der Waals surface area contributed by atoms with Gasteiger partial charge in [-0.25, -0.2) is 0 Å². The van der Waals surface area contributed by atoms with Crippen molar-refractivity contribution >= 4 is 0 Å². The molecule has 1 N–H and O–H groups in total. The molecule has 16 heavy (non-hydrogen) atoms. The van der Waals surface area contributed by atoms with Crippen molar-refractivity contribution in [3.8, 4) is 0 Å². The van der Waals surface area contributed by atoms with Crippen molar-refractivity contribution < 1.29 is 0 Å². The summed E-state index contributed by atoms with van der Waals surface area (Å²) in [6.45, 7) is 14.9. The van der Waals surface area contributed by atoms with E-state index in [9.17, 15) is 0 Å². The van der Waals surface area contributed by atoms with E-state index in [1.807, 2.05) is 0 Å². The molecule has 0 aliphatic carbocycles. The van der Waals surface area contributed by atoms with Crippen LogP contribution in [0, 0.1) is 5.92 Å². The third-order valence-corrected chi connectivity index (χ3v) is 2.71. The maximum atomic E-state index is 3.53. The molecule has 0 saturated heterocycles. The topological polar surface area (TPSA) is 15.3 Å². The lowest BCUT2D eigenvalue weighted by molar-refractivity contribution is 0.300. The lowest BCUT2D eigenvalue weighted by Gasteiger charge is -2.21. The van der Waals surface area contributed by atoms with E-state index in [4.69, 9.17) is 0 Å². The second-order valence-corrected chi connectivity index (χ2v) is 6.37. The van der Waals surface area contributed by atoms with E-state index in [2.05, 4.69) is 51.9 Å². The van der Waals surface area contributed by atoms with Crippen molar-refractivity contribution in [3.05, 3.63) is 0 Å². The highest BCUT2D eigenvalue weighted by atomic mass is 15.1. The summed E-state index contributed by atoms with van der Waals surface area (Å²) < 4.78 is 0. The summed E-state index contributed by atoms with van der Waals surface area (Å²) in [5, 5.41) is 3.53. The summed E-state index contributed by atoms with van der Waals surface area (Å²) in [7, 11) is 2.24. The summed E-state index contributed by atoms with van der Waals surface area (Å²) in [5.74, 6) is 0.824. The van der Waals surface area contributed by atoms with Gasteiger partial charge in [0.15, 0.2) is 0 Å². The van der Waals surface area contributed by atoms with Crippen LogP contribution in [0.25, 0.3) is 0 Å². The van der Waals surface area contributed by atoms with Crippen molar-refractivity contribution in [2.75, 3.05) is 26.7 Å². The fourth-order valence-corrected chi connectivity index (χ4v) is 1.56. The van der Waals surface area contributed by atoms with Crippen LogP contribution in [-0.4, -0.2) is 37.1 Å². The summed E-state index contributed by atoms with van der Waals surface area (Å²) >= 11 is 0. The zero-order valence-corrected chi connectivity index (χ0v) is 12.3. The highest BCUT2D eigenvalue weighted by molar-refractivity contribution is 4.69. The molecule has 0 amide bonds. The van der Waals surface area contributed by atoms with Crippen LogP contribution in [0.3, 0.4) is 0 Å². The first kappa shape index (κ1) is 15.9. The van der Waals surface area contributed by atoms with Gasteiger partial charge in [0.05, 0.1) is 0 Å². The normalized spacial score (nSPS) is 12.8. The number of hydrogen-bond donors (Lipinski definition) is 1. The summed E-state index contributed by atoms with van der Waals surface area (Å²) in [6.07, 6.45) is 3.90. The van der Waals surface area contributed by atoms with Crippen LogP contribution in [0.1, 0.15) is 53.9 Å². The van der Waals surface area contributed by atoms with Crippen LogP contribution < -0.4 is 5.32 Å². The van der Waals surface area contributed by atoms with E-state index >= 15 is 0 Å². The van der Waals surface area contributed by atoms with Gasteiger partial charge in [0.1, 0.15) is 0 Å². The first-order chi connectivity index (χ1) is 7.31. The third-order valence-electron chi connectivity index (χ3n) is 2.71. The maximum absolute atomic E-state index is 3.53. The molecule has 0 heterocycles. The van der Waals surface area contributed by atoms with Crippen LogP contribution in [0.15, 0.2) is 0 Å². The molecule has 0 rings (SSSR count). The molecular weight excluding hydrogens is 196 g/mol. The van der Waals surface area contributed by atoms with E-state index in [1.54, 1.807) is 0 Å². The number of nitrogens with zero attached hydrogens (tertiary/aromatic N) is 1. The van der Waals surface area contributed by atoms with Crippen LogP contribution in [0.2, 0.25) is 0 Å². The number of unbranched alkanes of at least 4 members (excludes halogenated alkanes) is 1. The average molecular weight is 228 g/mol. The first-order valence-corrected chi connectivity index (χ1v) is 6.75. The zero-order valence-electron chi connectivity index (χ0n) is 12.3. The Balaban J connectivity index is 3.31. The van der Waals surface area contributed by atoms with Gasteiger partial charge in [-0.3, -0.25) is 0 Å². The Bertz CT molecular complexity index is 159. The van der Waals surface area contributed by atoms with Crippen molar-refractivity contribution in [3.63, 3.8) is 0 Å². The molecule has 0 fully saturated rings. The lowest BCUT2D eigenvalue weighted by atomic mass is 10.1. The quantitative estimate of drug-likeness (QED) is 0.642. The number of rotatable bonds is 8.